The molecule has 5 heteroatoms. The number of benzene rings is 1. The molecule has 0 aliphatic heterocycles. The predicted octanol–water partition coefficient (Wildman–Crippen LogP) is 1.87. The second kappa shape index (κ2) is 5.53. The fourth-order valence-corrected chi connectivity index (χ4v) is 2.29. The molecule has 0 atom stereocenters. The van der Waals surface area contributed by atoms with Crippen molar-refractivity contribution in [3.05, 3.63) is 24.3 Å². The first-order valence-corrected chi connectivity index (χ1v) is 7.05. The number of carbonyl (C=O) groups excluding carboxylic acids is 1. The minimum atomic E-state index is -0.0830. The zero-order valence-electron chi connectivity index (χ0n) is 11.6. The van der Waals surface area contributed by atoms with Gasteiger partial charge in [-0.2, -0.15) is 0 Å². The van der Waals surface area contributed by atoms with E-state index in [-0.39, 0.29) is 12.5 Å². The Balaban J connectivity index is 1.54. The quantitative estimate of drug-likeness (QED) is 0.874. The van der Waals surface area contributed by atoms with Gasteiger partial charge >= 0.3 is 0 Å². The maximum absolute atomic E-state index is 11.7. The van der Waals surface area contributed by atoms with Crippen LogP contribution in [-0.2, 0) is 11.8 Å². The van der Waals surface area contributed by atoms with E-state index in [2.05, 4.69) is 10.4 Å². The fraction of sp³-hybridized carbons (Fsp3) is 0.467. The number of nitrogens with zero attached hydrogens (tertiary/aromatic N) is 2. The average Bonchev–Trinajstić information content (AvgIpc) is 3.22. The minimum Gasteiger partial charge on any atom is -0.466 e. The van der Waals surface area contributed by atoms with Crippen LogP contribution in [0.4, 0.5) is 0 Å². The number of para-hydroxylation sites is 1. The molecule has 1 aliphatic rings. The number of rotatable bonds is 6. The third kappa shape index (κ3) is 2.92. The van der Waals surface area contributed by atoms with Crippen LogP contribution in [0.15, 0.2) is 24.3 Å². The summed E-state index contributed by atoms with van der Waals surface area (Å²) in [7, 11) is 1.87. The van der Waals surface area contributed by atoms with Gasteiger partial charge in [0, 0.05) is 13.6 Å². The molecule has 0 spiro atoms. The lowest BCUT2D eigenvalue weighted by atomic mass is 10.2. The minimum absolute atomic E-state index is 0.0195. The lowest BCUT2D eigenvalue weighted by molar-refractivity contribution is -0.123. The molecule has 1 heterocycles. The number of amides is 1. The highest BCUT2D eigenvalue weighted by Gasteiger charge is 2.20. The Morgan fingerprint density at radius 2 is 2.25 bits per heavy atom. The third-order valence-electron chi connectivity index (χ3n) is 3.64. The van der Waals surface area contributed by atoms with Crippen LogP contribution in [0, 0.1) is 5.92 Å². The van der Waals surface area contributed by atoms with Crippen molar-refractivity contribution in [2.45, 2.75) is 19.3 Å². The normalized spacial score (nSPS) is 14.4. The Morgan fingerprint density at radius 1 is 1.45 bits per heavy atom. The van der Waals surface area contributed by atoms with Crippen LogP contribution in [0.2, 0.25) is 0 Å². The van der Waals surface area contributed by atoms with Crippen LogP contribution in [0.1, 0.15) is 19.3 Å². The number of nitrogens with one attached hydrogen (secondary N) is 1. The molecule has 0 unspecified atom stereocenters. The molecule has 3 rings (SSSR count). The lowest BCUT2D eigenvalue weighted by Crippen LogP contribution is -2.30. The van der Waals surface area contributed by atoms with Gasteiger partial charge in [0.1, 0.15) is 0 Å². The lowest BCUT2D eigenvalue weighted by Gasteiger charge is -2.05. The van der Waals surface area contributed by atoms with E-state index in [0.29, 0.717) is 5.88 Å². The topological polar surface area (TPSA) is 56.2 Å². The van der Waals surface area contributed by atoms with E-state index in [9.17, 15) is 4.79 Å². The first-order chi connectivity index (χ1) is 9.74. The number of aryl methyl sites for hydroxylation is 1. The largest absolute Gasteiger partial charge is 0.466 e. The summed E-state index contributed by atoms with van der Waals surface area (Å²) in [6, 6.07) is 7.82. The van der Waals surface area contributed by atoms with Crippen molar-refractivity contribution < 1.29 is 9.53 Å². The SMILES string of the molecule is Cn1nc(OCC(=O)NCCC2CC2)c2ccccc21. The number of aromatic nitrogens is 2. The standard InChI is InChI=1S/C15H19N3O2/c1-18-13-5-3-2-4-12(13)15(17-18)20-10-14(19)16-9-8-11-6-7-11/h2-5,11H,6-10H2,1H3,(H,16,19). The first kappa shape index (κ1) is 13.0. The van der Waals surface area contributed by atoms with Gasteiger partial charge in [-0.3, -0.25) is 9.48 Å². The van der Waals surface area contributed by atoms with Crippen LogP contribution < -0.4 is 10.1 Å². The number of hydrogen-bond acceptors (Lipinski definition) is 3. The third-order valence-corrected chi connectivity index (χ3v) is 3.64. The summed E-state index contributed by atoms with van der Waals surface area (Å²) in [4.78, 5) is 11.7. The van der Waals surface area contributed by atoms with Gasteiger partial charge in [0.25, 0.3) is 5.91 Å². The van der Waals surface area contributed by atoms with Gasteiger partial charge in [0.2, 0.25) is 5.88 Å². The van der Waals surface area contributed by atoms with Gasteiger partial charge in [-0.25, -0.2) is 0 Å². The smallest absolute Gasteiger partial charge is 0.258 e. The molecule has 0 radical (unpaired) electrons. The van der Waals surface area contributed by atoms with Gasteiger partial charge in [0.05, 0.1) is 10.9 Å². The summed E-state index contributed by atoms with van der Waals surface area (Å²) in [5.41, 5.74) is 0.997. The van der Waals surface area contributed by atoms with Crippen molar-refractivity contribution >= 4 is 16.8 Å². The van der Waals surface area contributed by atoms with Crippen molar-refractivity contribution in [3.63, 3.8) is 0 Å². The van der Waals surface area contributed by atoms with Gasteiger partial charge < -0.3 is 10.1 Å². The summed E-state index contributed by atoms with van der Waals surface area (Å²) in [6.45, 7) is 0.765. The van der Waals surface area contributed by atoms with Gasteiger partial charge in [-0.05, 0) is 24.5 Å². The molecule has 1 saturated carbocycles. The molecule has 5 nitrogen and oxygen atoms in total. The van der Waals surface area contributed by atoms with Gasteiger partial charge in [-0.15, -0.1) is 5.10 Å². The fourth-order valence-electron chi connectivity index (χ4n) is 2.29. The van der Waals surface area contributed by atoms with Crippen molar-refractivity contribution in [1.29, 1.82) is 0 Å². The molecule has 1 aromatic heterocycles. The number of hydrogen-bond donors (Lipinski definition) is 1. The van der Waals surface area contributed by atoms with E-state index in [0.717, 1.165) is 29.8 Å². The molecule has 1 aliphatic carbocycles. The van der Waals surface area contributed by atoms with Crippen molar-refractivity contribution in [1.82, 2.24) is 15.1 Å². The van der Waals surface area contributed by atoms with E-state index >= 15 is 0 Å². The highest BCUT2D eigenvalue weighted by Crippen LogP contribution is 2.31. The van der Waals surface area contributed by atoms with Crippen LogP contribution in [0.25, 0.3) is 10.9 Å². The second-order valence-electron chi connectivity index (χ2n) is 5.32. The number of ether oxygens (including phenoxy) is 1. The zero-order chi connectivity index (χ0) is 13.9. The molecular weight excluding hydrogens is 254 g/mol. The summed E-state index contributed by atoms with van der Waals surface area (Å²) < 4.78 is 7.29. The van der Waals surface area contributed by atoms with E-state index < -0.39 is 0 Å². The number of carbonyl (C=O) groups is 1. The Morgan fingerprint density at radius 3 is 3.05 bits per heavy atom. The summed E-state index contributed by atoms with van der Waals surface area (Å²) in [5.74, 6) is 1.26. The van der Waals surface area contributed by atoms with Crippen LogP contribution in [0.5, 0.6) is 5.88 Å². The average molecular weight is 273 g/mol. The summed E-state index contributed by atoms with van der Waals surface area (Å²) >= 11 is 0. The maximum Gasteiger partial charge on any atom is 0.258 e. The molecular formula is C15H19N3O2. The van der Waals surface area contributed by atoms with E-state index in [1.807, 2.05) is 31.3 Å². The molecule has 106 valence electrons. The molecule has 1 fully saturated rings. The summed E-state index contributed by atoms with van der Waals surface area (Å²) in [5, 5.41) is 8.11. The Labute approximate surface area is 117 Å². The Hall–Kier alpha value is -2.04. The van der Waals surface area contributed by atoms with Gasteiger partial charge in [-0.1, -0.05) is 25.0 Å². The molecule has 20 heavy (non-hydrogen) atoms. The highest BCUT2D eigenvalue weighted by molar-refractivity contribution is 5.85. The number of fused-ring (bicyclic) bond motifs is 1. The van der Waals surface area contributed by atoms with Crippen molar-refractivity contribution in [2.24, 2.45) is 13.0 Å². The predicted molar refractivity (Wildman–Crippen MR) is 76.6 cm³/mol. The monoisotopic (exact) mass is 273 g/mol. The van der Waals surface area contributed by atoms with Crippen LogP contribution >= 0.6 is 0 Å². The van der Waals surface area contributed by atoms with Gasteiger partial charge in [0.15, 0.2) is 6.61 Å². The zero-order valence-corrected chi connectivity index (χ0v) is 11.6. The van der Waals surface area contributed by atoms with Crippen LogP contribution in [0.3, 0.4) is 0 Å². The highest BCUT2D eigenvalue weighted by atomic mass is 16.5. The molecule has 1 amide bonds. The molecule has 1 N–H and O–H groups in total. The van der Waals surface area contributed by atoms with Crippen molar-refractivity contribution in [2.75, 3.05) is 13.2 Å². The van der Waals surface area contributed by atoms with E-state index in [4.69, 9.17) is 4.74 Å². The van der Waals surface area contributed by atoms with Crippen molar-refractivity contribution in [3.8, 4) is 5.88 Å². The molecule has 1 aromatic carbocycles. The summed E-state index contributed by atoms with van der Waals surface area (Å²) in [6.07, 6.45) is 3.71. The van der Waals surface area contributed by atoms with E-state index in [1.165, 1.54) is 12.8 Å². The molecule has 2 aromatic rings. The Bertz CT molecular complexity index is 617. The van der Waals surface area contributed by atoms with Crippen LogP contribution in [-0.4, -0.2) is 28.8 Å². The first-order valence-electron chi connectivity index (χ1n) is 7.05. The maximum atomic E-state index is 11.7. The van der Waals surface area contributed by atoms with E-state index in [1.54, 1.807) is 4.68 Å². The molecule has 0 saturated heterocycles. The molecule has 0 bridgehead atoms. The Kier molecular flexibility index (Phi) is 3.58. The second-order valence-corrected chi connectivity index (χ2v) is 5.32.